The molecule has 3 nitrogen and oxygen atoms in total. The first kappa shape index (κ1) is 10.8. The molecule has 1 aromatic carbocycles. The second-order valence-electron chi connectivity index (χ2n) is 5.14. The summed E-state index contributed by atoms with van der Waals surface area (Å²) in [6, 6.07) is 8.11. The van der Waals surface area contributed by atoms with Crippen molar-refractivity contribution in [2.75, 3.05) is 6.61 Å². The summed E-state index contributed by atoms with van der Waals surface area (Å²) in [5, 5.41) is 10.8. The van der Waals surface area contributed by atoms with Gasteiger partial charge in [0.15, 0.2) is 0 Å². The molecule has 1 heterocycles. The number of rotatable bonds is 3. The number of para-hydroxylation sites is 1. The van der Waals surface area contributed by atoms with Gasteiger partial charge in [0.25, 0.3) is 0 Å². The van der Waals surface area contributed by atoms with Gasteiger partial charge in [0.2, 0.25) is 0 Å². The summed E-state index contributed by atoms with van der Waals surface area (Å²) in [6.07, 6.45) is 5.23. The van der Waals surface area contributed by atoms with E-state index in [1.165, 1.54) is 11.8 Å². The highest BCUT2D eigenvalue weighted by Gasteiger charge is 2.43. The lowest BCUT2D eigenvalue weighted by atomic mass is 9.63. The molecule has 0 amide bonds. The Morgan fingerprint density at radius 1 is 1.35 bits per heavy atom. The third-order valence-corrected chi connectivity index (χ3v) is 4.28. The summed E-state index contributed by atoms with van der Waals surface area (Å²) in [6.45, 7) is 0.188. The van der Waals surface area contributed by atoms with E-state index in [1.54, 1.807) is 0 Å². The van der Waals surface area contributed by atoms with Gasteiger partial charge >= 0.3 is 0 Å². The molecule has 1 aliphatic carbocycles. The van der Waals surface area contributed by atoms with E-state index < -0.39 is 0 Å². The van der Waals surface area contributed by atoms with E-state index in [9.17, 15) is 5.11 Å². The minimum Gasteiger partial charge on any atom is -0.396 e. The lowest BCUT2D eigenvalue weighted by Gasteiger charge is -2.45. The van der Waals surface area contributed by atoms with Crippen LogP contribution in [0, 0.1) is 5.41 Å². The fourth-order valence-corrected chi connectivity index (χ4v) is 2.88. The first-order valence-electron chi connectivity index (χ1n) is 6.19. The van der Waals surface area contributed by atoms with Crippen molar-refractivity contribution in [3.8, 4) is 0 Å². The quantitative estimate of drug-likeness (QED) is 0.757. The van der Waals surface area contributed by atoms with E-state index in [-0.39, 0.29) is 18.1 Å². The third kappa shape index (κ3) is 1.50. The molecule has 1 atom stereocenters. The normalized spacial score (nSPS) is 20.1. The van der Waals surface area contributed by atoms with Gasteiger partial charge in [-0.25, -0.2) is 0 Å². The van der Waals surface area contributed by atoms with Gasteiger partial charge in [-0.05, 0) is 24.5 Å². The van der Waals surface area contributed by atoms with E-state index in [4.69, 9.17) is 5.73 Å². The SMILES string of the molecule is NC(c1c[nH]c2ccccc12)C1(CO)CCC1. The number of benzene rings is 1. The van der Waals surface area contributed by atoms with Crippen molar-refractivity contribution >= 4 is 10.9 Å². The van der Waals surface area contributed by atoms with E-state index in [0.717, 1.165) is 23.9 Å². The van der Waals surface area contributed by atoms with Gasteiger partial charge in [0.05, 0.1) is 6.61 Å². The minimum atomic E-state index is -0.0923. The van der Waals surface area contributed by atoms with Crippen LogP contribution in [0.15, 0.2) is 30.5 Å². The van der Waals surface area contributed by atoms with Crippen LogP contribution in [0.2, 0.25) is 0 Å². The monoisotopic (exact) mass is 230 g/mol. The molecular formula is C14H18N2O. The summed E-state index contributed by atoms with van der Waals surface area (Å²) in [4.78, 5) is 3.25. The molecule has 0 spiro atoms. The Labute approximate surface area is 101 Å². The fourth-order valence-electron chi connectivity index (χ4n) is 2.88. The third-order valence-electron chi connectivity index (χ3n) is 4.28. The van der Waals surface area contributed by atoms with Crippen molar-refractivity contribution in [3.05, 3.63) is 36.0 Å². The number of nitrogens with two attached hydrogens (primary N) is 1. The number of aromatic amines is 1. The molecule has 1 saturated carbocycles. The maximum atomic E-state index is 9.59. The zero-order valence-electron chi connectivity index (χ0n) is 9.82. The fraction of sp³-hybridized carbons (Fsp3) is 0.429. The summed E-state index contributed by atoms with van der Waals surface area (Å²) < 4.78 is 0. The molecule has 4 N–H and O–H groups in total. The van der Waals surface area contributed by atoms with E-state index in [1.807, 2.05) is 18.3 Å². The molecule has 1 aliphatic rings. The molecular weight excluding hydrogens is 212 g/mol. The predicted octanol–water partition coefficient (Wildman–Crippen LogP) is 2.33. The molecule has 1 fully saturated rings. The van der Waals surface area contributed by atoms with Crippen molar-refractivity contribution in [3.63, 3.8) is 0 Å². The largest absolute Gasteiger partial charge is 0.396 e. The molecule has 0 bridgehead atoms. The maximum absolute atomic E-state index is 9.59. The zero-order valence-corrected chi connectivity index (χ0v) is 9.82. The standard InChI is InChI=1S/C14H18N2O/c15-13(14(9-17)6-3-7-14)11-8-16-12-5-2-1-4-10(11)12/h1-2,4-5,8,13,16-17H,3,6-7,9,15H2. The lowest BCUT2D eigenvalue weighted by molar-refractivity contribution is 0.0188. The second kappa shape index (κ2) is 3.86. The Balaban J connectivity index is 2.03. The number of aromatic nitrogens is 1. The lowest BCUT2D eigenvalue weighted by Crippen LogP contribution is -2.43. The van der Waals surface area contributed by atoms with E-state index >= 15 is 0 Å². The average molecular weight is 230 g/mol. The number of fused-ring (bicyclic) bond motifs is 1. The van der Waals surface area contributed by atoms with Gasteiger partial charge in [-0.1, -0.05) is 24.6 Å². The molecule has 0 radical (unpaired) electrons. The molecule has 1 unspecified atom stereocenters. The number of hydrogen-bond acceptors (Lipinski definition) is 2. The Morgan fingerprint density at radius 3 is 2.76 bits per heavy atom. The van der Waals surface area contributed by atoms with Crippen LogP contribution in [-0.4, -0.2) is 16.7 Å². The highest BCUT2D eigenvalue weighted by atomic mass is 16.3. The van der Waals surface area contributed by atoms with Gasteiger partial charge in [0, 0.05) is 28.6 Å². The van der Waals surface area contributed by atoms with Crippen LogP contribution in [-0.2, 0) is 0 Å². The molecule has 3 rings (SSSR count). The number of nitrogens with one attached hydrogen (secondary N) is 1. The number of hydrogen-bond donors (Lipinski definition) is 3. The number of H-pyrrole nitrogens is 1. The summed E-state index contributed by atoms with van der Waals surface area (Å²) >= 11 is 0. The smallest absolute Gasteiger partial charge is 0.0505 e. The molecule has 0 saturated heterocycles. The van der Waals surface area contributed by atoms with Crippen molar-refractivity contribution < 1.29 is 5.11 Å². The number of aliphatic hydroxyl groups excluding tert-OH is 1. The first-order valence-corrected chi connectivity index (χ1v) is 6.19. The Hall–Kier alpha value is -1.32. The van der Waals surface area contributed by atoms with E-state index in [0.29, 0.717) is 0 Å². The Kier molecular flexibility index (Phi) is 2.45. The predicted molar refractivity (Wildman–Crippen MR) is 68.6 cm³/mol. The molecule has 3 heteroatoms. The van der Waals surface area contributed by atoms with Gasteiger partial charge in [-0.15, -0.1) is 0 Å². The number of aliphatic hydroxyl groups is 1. The van der Waals surface area contributed by atoms with Crippen LogP contribution < -0.4 is 5.73 Å². The van der Waals surface area contributed by atoms with Crippen LogP contribution in [0.5, 0.6) is 0 Å². The van der Waals surface area contributed by atoms with Crippen molar-refractivity contribution in [2.24, 2.45) is 11.1 Å². The highest BCUT2D eigenvalue weighted by Crippen LogP contribution is 2.49. The average Bonchev–Trinajstić information content (AvgIpc) is 2.71. The van der Waals surface area contributed by atoms with Crippen molar-refractivity contribution in [2.45, 2.75) is 25.3 Å². The Morgan fingerprint density at radius 2 is 2.12 bits per heavy atom. The Bertz CT molecular complexity index is 522. The summed E-state index contributed by atoms with van der Waals surface area (Å²) in [5.41, 5.74) is 8.53. The maximum Gasteiger partial charge on any atom is 0.0505 e. The summed E-state index contributed by atoms with van der Waals surface area (Å²) in [5.74, 6) is 0. The zero-order chi connectivity index (χ0) is 11.9. The minimum absolute atomic E-state index is 0.0719. The summed E-state index contributed by atoms with van der Waals surface area (Å²) in [7, 11) is 0. The van der Waals surface area contributed by atoms with E-state index in [2.05, 4.69) is 17.1 Å². The highest BCUT2D eigenvalue weighted by molar-refractivity contribution is 5.83. The van der Waals surface area contributed by atoms with Crippen LogP contribution in [0.3, 0.4) is 0 Å². The van der Waals surface area contributed by atoms with Crippen LogP contribution in [0.4, 0.5) is 0 Å². The first-order chi connectivity index (χ1) is 8.27. The topological polar surface area (TPSA) is 62.0 Å². The molecule has 0 aliphatic heterocycles. The van der Waals surface area contributed by atoms with Gasteiger partial charge in [-0.2, -0.15) is 0 Å². The molecule has 90 valence electrons. The van der Waals surface area contributed by atoms with Crippen LogP contribution in [0.1, 0.15) is 30.9 Å². The van der Waals surface area contributed by atoms with Crippen molar-refractivity contribution in [1.82, 2.24) is 4.98 Å². The van der Waals surface area contributed by atoms with Crippen LogP contribution >= 0.6 is 0 Å². The van der Waals surface area contributed by atoms with Gasteiger partial charge in [0.1, 0.15) is 0 Å². The van der Waals surface area contributed by atoms with Crippen molar-refractivity contribution in [1.29, 1.82) is 0 Å². The van der Waals surface area contributed by atoms with Crippen LogP contribution in [0.25, 0.3) is 10.9 Å². The van der Waals surface area contributed by atoms with Gasteiger partial charge in [-0.3, -0.25) is 0 Å². The molecule has 2 aromatic rings. The van der Waals surface area contributed by atoms with Gasteiger partial charge < -0.3 is 15.8 Å². The second-order valence-corrected chi connectivity index (χ2v) is 5.14. The molecule has 17 heavy (non-hydrogen) atoms. The molecule has 1 aromatic heterocycles.